The number of nitrogens with zero attached hydrogens (tertiary/aromatic N) is 1. The van der Waals surface area contributed by atoms with Gasteiger partial charge in [0, 0.05) is 41.2 Å². The van der Waals surface area contributed by atoms with Gasteiger partial charge >= 0.3 is 11.9 Å². The predicted octanol–water partition coefficient (Wildman–Crippen LogP) is 5.11. The SMILES string of the molecule is C/C=C1/C(=C/c2[nH]c(/C=C3N=C(/C=C4\NC(=O)C(CC)=C4C)C(C)=C\3CCC(=O)O)c(CCC(=O)O)c2C)NC(=O)C1C. The lowest BCUT2D eigenvalue weighted by Crippen LogP contribution is -2.17. The Morgan fingerprint density at radius 3 is 2.16 bits per heavy atom. The summed E-state index contributed by atoms with van der Waals surface area (Å²) in [5, 5.41) is 24.7. The number of hydrogen-bond donors (Lipinski definition) is 5. The number of amides is 2. The molecule has 1 aromatic heterocycles. The second-order valence-corrected chi connectivity index (χ2v) is 11.0. The molecule has 2 amide bonds. The number of nitrogens with one attached hydrogen (secondary N) is 3. The molecule has 1 unspecified atom stereocenters. The zero-order valence-electron chi connectivity index (χ0n) is 25.4. The number of aliphatic carboxylic acids is 2. The summed E-state index contributed by atoms with van der Waals surface area (Å²) in [7, 11) is 0. The van der Waals surface area contributed by atoms with Gasteiger partial charge in [-0.25, -0.2) is 4.99 Å². The first-order valence-electron chi connectivity index (χ1n) is 14.4. The average Bonchev–Trinajstić information content (AvgIpc) is 3.59. The van der Waals surface area contributed by atoms with Crippen molar-refractivity contribution in [2.45, 2.75) is 73.6 Å². The van der Waals surface area contributed by atoms with E-state index in [0.717, 1.165) is 39.1 Å². The highest BCUT2D eigenvalue weighted by atomic mass is 16.4. The van der Waals surface area contributed by atoms with Crippen LogP contribution in [0.1, 0.15) is 82.8 Å². The number of hydrogen-bond acceptors (Lipinski definition) is 5. The summed E-state index contributed by atoms with van der Waals surface area (Å²) >= 11 is 0. The normalized spacial score (nSPS) is 22.5. The molecule has 5 N–H and O–H groups in total. The Morgan fingerprint density at radius 1 is 0.884 bits per heavy atom. The predicted molar refractivity (Wildman–Crippen MR) is 165 cm³/mol. The molecule has 0 aromatic carbocycles. The maximum absolute atomic E-state index is 12.4. The fourth-order valence-corrected chi connectivity index (χ4v) is 5.76. The maximum Gasteiger partial charge on any atom is 0.303 e. The van der Waals surface area contributed by atoms with Crippen molar-refractivity contribution >= 4 is 41.6 Å². The van der Waals surface area contributed by atoms with Gasteiger partial charge in [-0.3, -0.25) is 19.2 Å². The van der Waals surface area contributed by atoms with E-state index >= 15 is 0 Å². The first-order chi connectivity index (χ1) is 20.4. The summed E-state index contributed by atoms with van der Waals surface area (Å²) in [6.45, 7) is 11.3. The van der Waals surface area contributed by atoms with Gasteiger partial charge in [0.2, 0.25) is 5.91 Å². The molecule has 1 atom stereocenters. The molecule has 0 aliphatic carbocycles. The fourth-order valence-electron chi connectivity index (χ4n) is 5.76. The molecule has 4 heterocycles. The number of carbonyl (C=O) groups excluding carboxylic acids is 2. The van der Waals surface area contributed by atoms with E-state index in [1.807, 2.05) is 65.8 Å². The van der Waals surface area contributed by atoms with Crippen LogP contribution in [0.2, 0.25) is 0 Å². The monoisotopic (exact) mass is 586 g/mol. The lowest BCUT2D eigenvalue weighted by molar-refractivity contribution is -0.138. The quantitative estimate of drug-likeness (QED) is 0.256. The lowest BCUT2D eigenvalue weighted by atomic mass is 9.98. The number of H-pyrrole nitrogens is 1. The van der Waals surface area contributed by atoms with Gasteiger partial charge in [-0.15, -0.1) is 0 Å². The van der Waals surface area contributed by atoms with E-state index in [1.54, 1.807) is 0 Å². The number of carboxylic acid groups (broad SMARTS) is 2. The molecule has 43 heavy (non-hydrogen) atoms. The van der Waals surface area contributed by atoms with Crippen molar-refractivity contribution in [3.05, 3.63) is 79.6 Å². The largest absolute Gasteiger partial charge is 0.481 e. The van der Waals surface area contributed by atoms with Crippen molar-refractivity contribution in [1.82, 2.24) is 15.6 Å². The zero-order chi connectivity index (χ0) is 31.6. The van der Waals surface area contributed by atoms with Gasteiger partial charge < -0.3 is 25.8 Å². The van der Waals surface area contributed by atoms with E-state index in [4.69, 9.17) is 4.99 Å². The van der Waals surface area contributed by atoms with Crippen LogP contribution in [0.3, 0.4) is 0 Å². The van der Waals surface area contributed by atoms with E-state index in [2.05, 4.69) is 15.6 Å². The van der Waals surface area contributed by atoms with Gasteiger partial charge in [0.25, 0.3) is 5.91 Å². The topological polar surface area (TPSA) is 161 Å². The first-order valence-corrected chi connectivity index (χ1v) is 14.4. The number of carboxylic acids is 2. The Morgan fingerprint density at radius 2 is 1.56 bits per heavy atom. The number of aromatic nitrogens is 1. The lowest BCUT2D eigenvalue weighted by Gasteiger charge is -2.06. The molecular weight excluding hydrogens is 548 g/mol. The third-order valence-electron chi connectivity index (χ3n) is 8.34. The molecule has 1 fully saturated rings. The van der Waals surface area contributed by atoms with Gasteiger partial charge in [0.1, 0.15) is 0 Å². The molecule has 0 saturated carbocycles. The van der Waals surface area contributed by atoms with Crippen LogP contribution in [-0.4, -0.2) is 44.7 Å². The molecule has 3 aliphatic rings. The Kier molecular flexibility index (Phi) is 9.18. The van der Waals surface area contributed by atoms with Crippen molar-refractivity contribution in [2.75, 3.05) is 0 Å². The van der Waals surface area contributed by atoms with Crippen LogP contribution in [0.5, 0.6) is 0 Å². The summed E-state index contributed by atoms with van der Waals surface area (Å²) in [6, 6.07) is 0. The molecule has 10 nitrogen and oxygen atoms in total. The molecule has 0 bridgehead atoms. The van der Waals surface area contributed by atoms with Crippen LogP contribution in [0, 0.1) is 12.8 Å². The Bertz CT molecular complexity index is 1640. The van der Waals surface area contributed by atoms with Gasteiger partial charge in [0.05, 0.1) is 17.3 Å². The zero-order valence-corrected chi connectivity index (χ0v) is 25.4. The number of allylic oxidation sites excluding steroid dienone is 6. The number of carbonyl (C=O) groups is 4. The highest BCUT2D eigenvalue weighted by Gasteiger charge is 2.30. The van der Waals surface area contributed by atoms with Crippen molar-refractivity contribution in [3.63, 3.8) is 0 Å². The Balaban J connectivity index is 1.84. The number of rotatable bonds is 10. The number of aromatic amines is 1. The molecule has 0 spiro atoms. The second-order valence-electron chi connectivity index (χ2n) is 11.0. The van der Waals surface area contributed by atoms with E-state index < -0.39 is 11.9 Å². The molecule has 0 radical (unpaired) electrons. The molecule has 226 valence electrons. The molecule has 4 rings (SSSR count). The minimum absolute atomic E-state index is 0.0782. The van der Waals surface area contributed by atoms with Crippen molar-refractivity contribution in [2.24, 2.45) is 10.9 Å². The standard InChI is InChI=1S/C33H38N4O6/c1-7-20-19(6)32(42)37-27(20)14-25-18(5)23(10-12-31(40)41)29(35-25)15-28-22(9-11-30(38)39)17(4)24(34-28)13-26-16(3)21(8-2)33(43)36-26/h7,13-15,19,35H,8-12H2,1-6H3,(H,36,43)(H,37,42)(H,38,39)(H,40,41)/b20-7+,26-13-,27-14-,28-15-. The van der Waals surface area contributed by atoms with Crippen LogP contribution >= 0.6 is 0 Å². The molecular formula is C33H38N4O6. The first kappa shape index (κ1) is 31.2. The highest BCUT2D eigenvalue weighted by molar-refractivity contribution is 6.14. The van der Waals surface area contributed by atoms with E-state index in [9.17, 15) is 29.4 Å². The number of aliphatic imine (C=N–C) groups is 1. The van der Waals surface area contributed by atoms with Crippen LogP contribution in [0.15, 0.2) is 62.1 Å². The van der Waals surface area contributed by atoms with Gasteiger partial charge in [-0.2, -0.15) is 0 Å². The fraction of sp³-hybridized carbons (Fsp3) is 0.364. The van der Waals surface area contributed by atoms with Crippen molar-refractivity contribution in [1.29, 1.82) is 0 Å². The van der Waals surface area contributed by atoms with Crippen LogP contribution in [-0.2, 0) is 25.6 Å². The summed E-state index contributed by atoms with van der Waals surface area (Å²) in [6.07, 6.45) is 8.37. The van der Waals surface area contributed by atoms with Crippen LogP contribution < -0.4 is 10.6 Å². The molecule has 3 aliphatic heterocycles. The molecule has 1 saturated heterocycles. The van der Waals surface area contributed by atoms with Gasteiger partial charge in [0.15, 0.2) is 0 Å². The average molecular weight is 587 g/mol. The molecule has 10 heteroatoms. The third kappa shape index (κ3) is 6.38. The summed E-state index contributed by atoms with van der Waals surface area (Å²) in [4.78, 5) is 56.0. The summed E-state index contributed by atoms with van der Waals surface area (Å²) in [5.41, 5.74) is 9.62. The summed E-state index contributed by atoms with van der Waals surface area (Å²) < 4.78 is 0. The Labute approximate surface area is 250 Å². The second kappa shape index (κ2) is 12.6. The van der Waals surface area contributed by atoms with Crippen LogP contribution in [0.4, 0.5) is 0 Å². The minimum Gasteiger partial charge on any atom is -0.481 e. The van der Waals surface area contributed by atoms with Crippen LogP contribution in [0.25, 0.3) is 12.2 Å². The minimum atomic E-state index is -0.930. The van der Waals surface area contributed by atoms with E-state index in [0.29, 0.717) is 40.5 Å². The Hall–Kier alpha value is -4.73. The summed E-state index contributed by atoms with van der Waals surface area (Å²) in [5.74, 6) is -2.35. The smallest absolute Gasteiger partial charge is 0.303 e. The van der Waals surface area contributed by atoms with Gasteiger partial charge in [-0.1, -0.05) is 13.0 Å². The maximum atomic E-state index is 12.4. The van der Waals surface area contributed by atoms with E-state index in [1.165, 1.54) is 0 Å². The third-order valence-corrected chi connectivity index (χ3v) is 8.34. The molecule has 1 aromatic rings. The highest BCUT2D eigenvalue weighted by Crippen LogP contribution is 2.35. The van der Waals surface area contributed by atoms with Crippen molar-refractivity contribution < 1.29 is 29.4 Å². The van der Waals surface area contributed by atoms with Gasteiger partial charge in [-0.05, 0) is 106 Å². The van der Waals surface area contributed by atoms with E-state index in [-0.39, 0.29) is 43.4 Å². The van der Waals surface area contributed by atoms with Crippen molar-refractivity contribution in [3.8, 4) is 0 Å².